The van der Waals surface area contributed by atoms with E-state index in [2.05, 4.69) is 11.9 Å². The van der Waals surface area contributed by atoms with Gasteiger partial charge in [0.15, 0.2) is 5.78 Å². The van der Waals surface area contributed by atoms with Crippen LogP contribution < -0.4 is 0 Å². The maximum atomic E-state index is 10.6. The van der Waals surface area contributed by atoms with Crippen molar-refractivity contribution in [3.05, 3.63) is 0 Å². The molecule has 1 saturated carbocycles. The van der Waals surface area contributed by atoms with Crippen LogP contribution in [0.4, 0.5) is 0 Å². The molecule has 0 aromatic heterocycles. The van der Waals surface area contributed by atoms with E-state index in [9.17, 15) is 4.79 Å². The molecule has 0 aliphatic heterocycles. The largest absolute Gasteiger partial charge is 0.293 e. The zero-order valence-corrected chi connectivity index (χ0v) is 7.92. The first kappa shape index (κ1) is 9.43. The van der Waals surface area contributed by atoms with Crippen LogP contribution in [-0.4, -0.2) is 18.0 Å². The molecule has 2 heteroatoms. The maximum Gasteiger partial charge on any atom is 0.170 e. The van der Waals surface area contributed by atoms with Gasteiger partial charge in [-0.3, -0.25) is 9.79 Å². The molecule has 0 aromatic rings. The second kappa shape index (κ2) is 4.39. The van der Waals surface area contributed by atoms with Gasteiger partial charge in [-0.2, -0.15) is 0 Å². The molecule has 1 aliphatic rings. The van der Waals surface area contributed by atoms with E-state index in [1.54, 1.807) is 6.92 Å². The summed E-state index contributed by atoms with van der Waals surface area (Å²) in [5.41, 5.74) is 0. The Morgan fingerprint density at radius 2 is 1.92 bits per heavy atom. The predicted molar refractivity (Wildman–Crippen MR) is 50.6 cm³/mol. The Bertz CT molecular complexity index is 178. The monoisotopic (exact) mass is 167 g/mol. The molecule has 68 valence electrons. The molecule has 0 saturated heterocycles. The highest BCUT2D eigenvalue weighted by atomic mass is 16.1. The highest BCUT2D eigenvalue weighted by Crippen LogP contribution is 2.25. The van der Waals surface area contributed by atoms with Crippen LogP contribution in [0.5, 0.6) is 0 Å². The third-order valence-electron chi connectivity index (χ3n) is 2.45. The summed E-state index contributed by atoms with van der Waals surface area (Å²) < 4.78 is 0. The van der Waals surface area contributed by atoms with Gasteiger partial charge < -0.3 is 0 Å². The van der Waals surface area contributed by atoms with Crippen LogP contribution in [0.25, 0.3) is 0 Å². The van der Waals surface area contributed by atoms with Crippen molar-refractivity contribution in [3.63, 3.8) is 0 Å². The van der Waals surface area contributed by atoms with Crippen LogP contribution >= 0.6 is 0 Å². The second-order valence-corrected chi connectivity index (χ2v) is 3.80. The summed E-state index contributed by atoms with van der Waals surface area (Å²) in [5.74, 6) is 0.919. The van der Waals surface area contributed by atoms with E-state index in [0.29, 0.717) is 6.04 Å². The third-order valence-corrected chi connectivity index (χ3v) is 2.45. The fraction of sp³-hybridized carbons (Fsp3) is 0.800. The molecule has 0 aromatic carbocycles. The number of carbonyl (C=O) groups is 1. The van der Waals surface area contributed by atoms with Crippen molar-refractivity contribution >= 4 is 12.0 Å². The van der Waals surface area contributed by atoms with Crippen molar-refractivity contribution < 1.29 is 4.79 Å². The molecule has 2 nitrogen and oxygen atoms in total. The lowest BCUT2D eigenvalue weighted by molar-refractivity contribution is -0.110. The van der Waals surface area contributed by atoms with Crippen LogP contribution in [0.3, 0.4) is 0 Å². The number of carbonyl (C=O) groups excluding carboxylic acids is 1. The van der Waals surface area contributed by atoms with E-state index in [4.69, 9.17) is 0 Å². The van der Waals surface area contributed by atoms with E-state index >= 15 is 0 Å². The van der Waals surface area contributed by atoms with Gasteiger partial charge >= 0.3 is 0 Å². The van der Waals surface area contributed by atoms with Crippen molar-refractivity contribution in [1.82, 2.24) is 0 Å². The standard InChI is InChI=1S/C10H17NO/c1-8-3-5-10(6-4-8)11-7-9(2)12/h7-8,10H,3-6H2,1-2H3. The average Bonchev–Trinajstić information content (AvgIpc) is 2.03. The first-order valence-corrected chi connectivity index (χ1v) is 4.72. The van der Waals surface area contributed by atoms with Gasteiger partial charge in [0.25, 0.3) is 0 Å². The summed E-state index contributed by atoms with van der Waals surface area (Å²) in [6.07, 6.45) is 6.32. The molecule has 0 atom stereocenters. The lowest BCUT2D eigenvalue weighted by Gasteiger charge is -2.22. The second-order valence-electron chi connectivity index (χ2n) is 3.80. The first-order valence-electron chi connectivity index (χ1n) is 4.72. The molecular formula is C10H17NO. The molecule has 0 amide bonds. The van der Waals surface area contributed by atoms with Gasteiger partial charge in [-0.25, -0.2) is 0 Å². The van der Waals surface area contributed by atoms with Crippen LogP contribution in [0, 0.1) is 5.92 Å². The molecule has 1 aliphatic carbocycles. The molecular weight excluding hydrogens is 150 g/mol. The van der Waals surface area contributed by atoms with Crippen molar-refractivity contribution in [2.45, 2.75) is 45.6 Å². The van der Waals surface area contributed by atoms with Gasteiger partial charge in [0, 0.05) is 6.92 Å². The summed E-state index contributed by atoms with van der Waals surface area (Å²) in [6.45, 7) is 3.83. The number of aliphatic imine (C=N–C) groups is 1. The molecule has 0 heterocycles. The van der Waals surface area contributed by atoms with Gasteiger partial charge in [-0.15, -0.1) is 0 Å². The quantitative estimate of drug-likeness (QED) is 0.580. The molecule has 0 radical (unpaired) electrons. The molecule has 1 fully saturated rings. The third kappa shape index (κ3) is 3.16. The molecule has 1 rings (SSSR count). The highest BCUT2D eigenvalue weighted by Gasteiger charge is 2.16. The van der Waals surface area contributed by atoms with E-state index in [-0.39, 0.29) is 5.78 Å². The van der Waals surface area contributed by atoms with Crippen molar-refractivity contribution in [3.8, 4) is 0 Å². The van der Waals surface area contributed by atoms with E-state index in [1.807, 2.05) is 0 Å². The summed E-state index contributed by atoms with van der Waals surface area (Å²) in [4.78, 5) is 14.8. The Kier molecular flexibility index (Phi) is 3.45. The highest BCUT2D eigenvalue weighted by molar-refractivity contribution is 6.26. The molecule has 0 bridgehead atoms. The summed E-state index contributed by atoms with van der Waals surface area (Å²) in [7, 11) is 0. The van der Waals surface area contributed by atoms with E-state index in [1.165, 1.54) is 19.1 Å². The fourth-order valence-corrected chi connectivity index (χ4v) is 1.60. The van der Waals surface area contributed by atoms with Crippen LogP contribution in [0.15, 0.2) is 4.99 Å². The maximum absolute atomic E-state index is 10.6. The summed E-state index contributed by atoms with van der Waals surface area (Å²) >= 11 is 0. The van der Waals surface area contributed by atoms with Gasteiger partial charge in [-0.1, -0.05) is 6.92 Å². The fourth-order valence-electron chi connectivity index (χ4n) is 1.60. The SMILES string of the molecule is CC(=O)C=NC1CCC(C)CC1. The number of Topliss-reactive ketones (excluding diaryl/α,β-unsaturated/α-hetero) is 1. The normalized spacial score (nSPS) is 30.8. The van der Waals surface area contributed by atoms with Crippen LogP contribution in [-0.2, 0) is 4.79 Å². The molecule has 0 spiro atoms. The Hall–Kier alpha value is -0.660. The van der Waals surface area contributed by atoms with Gasteiger partial charge in [0.2, 0.25) is 0 Å². The number of ketones is 1. The van der Waals surface area contributed by atoms with Crippen molar-refractivity contribution in [2.75, 3.05) is 0 Å². The van der Waals surface area contributed by atoms with Crippen molar-refractivity contribution in [2.24, 2.45) is 10.9 Å². The molecule has 0 unspecified atom stereocenters. The number of nitrogens with zero attached hydrogens (tertiary/aromatic N) is 1. The number of hydrogen-bond donors (Lipinski definition) is 0. The Morgan fingerprint density at radius 1 is 1.33 bits per heavy atom. The Balaban J connectivity index is 2.30. The lowest BCUT2D eigenvalue weighted by Crippen LogP contribution is -2.15. The number of rotatable bonds is 2. The zero-order valence-electron chi connectivity index (χ0n) is 7.92. The predicted octanol–water partition coefficient (Wildman–Crippen LogP) is 2.22. The lowest BCUT2D eigenvalue weighted by atomic mass is 9.88. The van der Waals surface area contributed by atoms with E-state index < -0.39 is 0 Å². The molecule has 12 heavy (non-hydrogen) atoms. The minimum Gasteiger partial charge on any atom is -0.293 e. The Labute approximate surface area is 74.1 Å². The van der Waals surface area contributed by atoms with Gasteiger partial charge in [0.05, 0.1) is 12.3 Å². The van der Waals surface area contributed by atoms with Crippen LogP contribution in [0.1, 0.15) is 39.5 Å². The number of hydrogen-bond acceptors (Lipinski definition) is 2. The molecule has 0 N–H and O–H groups in total. The van der Waals surface area contributed by atoms with Gasteiger partial charge in [0.1, 0.15) is 0 Å². The minimum absolute atomic E-state index is 0.0635. The topological polar surface area (TPSA) is 29.4 Å². The smallest absolute Gasteiger partial charge is 0.170 e. The van der Waals surface area contributed by atoms with E-state index in [0.717, 1.165) is 18.8 Å². The summed E-state index contributed by atoms with van der Waals surface area (Å²) in [6, 6.07) is 0.421. The zero-order chi connectivity index (χ0) is 8.97. The average molecular weight is 167 g/mol. The van der Waals surface area contributed by atoms with Crippen molar-refractivity contribution in [1.29, 1.82) is 0 Å². The van der Waals surface area contributed by atoms with Crippen LogP contribution in [0.2, 0.25) is 0 Å². The Morgan fingerprint density at radius 3 is 2.42 bits per heavy atom. The minimum atomic E-state index is 0.0635. The first-order chi connectivity index (χ1) is 5.68. The van der Waals surface area contributed by atoms with Gasteiger partial charge in [-0.05, 0) is 31.6 Å². The summed E-state index contributed by atoms with van der Waals surface area (Å²) in [5, 5.41) is 0.